The smallest absolute Gasteiger partial charge is 0.323 e. The van der Waals surface area contributed by atoms with Crippen LogP contribution < -0.4 is 5.32 Å². The van der Waals surface area contributed by atoms with E-state index in [1.807, 2.05) is 0 Å². The number of methoxy groups -OCH3 is 1. The van der Waals surface area contributed by atoms with Gasteiger partial charge in [-0.2, -0.15) is 0 Å². The van der Waals surface area contributed by atoms with E-state index in [1.165, 1.54) is 18.2 Å². The molecule has 3 atom stereocenters. The van der Waals surface area contributed by atoms with Crippen LogP contribution in [0.4, 0.5) is 0 Å². The lowest BCUT2D eigenvalue weighted by Crippen LogP contribution is -2.44. The summed E-state index contributed by atoms with van der Waals surface area (Å²) in [7, 11) is 1.45. The maximum absolute atomic E-state index is 12.0. The lowest BCUT2D eigenvalue weighted by atomic mass is 9.95. The Hall–Kier alpha value is -1.35. The summed E-state index contributed by atoms with van der Waals surface area (Å²) in [6, 6.07) is 8.56. The first kappa shape index (κ1) is 17.7. The van der Waals surface area contributed by atoms with Crippen molar-refractivity contribution in [2.24, 2.45) is 5.92 Å². The van der Waals surface area contributed by atoms with Crippen LogP contribution in [0.2, 0.25) is 0 Å². The number of esters is 1. The quantitative estimate of drug-likeness (QED) is 0.739. The SMILES string of the molecule is CCc1ccc(C(CC)NC(C(=O)OC)C(C)CC)cc1. The molecule has 1 N–H and O–H groups in total. The minimum absolute atomic E-state index is 0.173. The van der Waals surface area contributed by atoms with Crippen molar-refractivity contribution in [2.75, 3.05) is 7.11 Å². The largest absolute Gasteiger partial charge is 0.468 e. The number of carbonyl (C=O) groups excluding carboxylic acids is 1. The highest BCUT2D eigenvalue weighted by molar-refractivity contribution is 5.76. The first-order chi connectivity index (χ1) is 10.1. The molecule has 0 saturated carbocycles. The van der Waals surface area contributed by atoms with Gasteiger partial charge in [0.2, 0.25) is 0 Å². The van der Waals surface area contributed by atoms with Gasteiger partial charge in [-0.05, 0) is 29.9 Å². The van der Waals surface area contributed by atoms with Gasteiger partial charge in [-0.3, -0.25) is 10.1 Å². The minimum Gasteiger partial charge on any atom is -0.468 e. The fraction of sp³-hybridized carbons (Fsp3) is 0.611. The Balaban J connectivity index is 2.88. The van der Waals surface area contributed by atoms with E-state index >= 15 is 0 Å². The van der Waals surface area contributed by atoms with Crippen LogP contribution in [-0.2, 0) is 16.0 Å². The van der Waals surface area contributed by atoms with Gasteiger partial charge in [0.15, 0.2) is 0 Å². The molecule has 3 heteroatoms. The molecule has 1 rings (SSSR count). The molecule has 0 fully saturated rings. The van der Waals surface area contributed by atoms with Crippen LogP contribution in [0.1, 0.15) is 57.7 Å². The molecule has 0 aromatic heterocycles. The lowest BCUT2D eigenvalue weighted by Gasteiger charge is -2.27. The summed E-state index contributed by atoms with van der Waals surface area (Å²) in [6.07, 6.45) is 2.93. The molecule has 1 aromatic rings. The average molecular weight is 291 g/mol. The number of aryl methyl sites for hydroxylation is 1. The number of nitrogens with one attached hydrogen (secondary N) is 1. The van der Waals surface area contributed by atoms with Crippen molar-refractivity contribution in [1.29, 1.82) is 0 Å². The van der Waals surface area contributed by atoms with E-state index in [0.29, 0.717) is 0 Å². The fourth-order valence-corrected chi connectivity index (χ4v) is 2.48. The Labute approximate surface area is 129 Å². The molecule has 0 aliphatic heterocycles. The van der Waals surface area contributed by atoms with Gasteiger partial charge in [0.25, 0.3) is 0 Å². The number of ether oxygens (including phenoxy) is 1. The second-order valence-corrected chi connectivity index (χ2v) is 5.61. The van der Waals surface area contributed by atoms with Gasteiger partial charge in [0.05, 0.1) is 7.11 Å². The van der Waals surface area contributed by atoms with Crippen LogP contribution in [0.5, 0.6) is 0 Å². The zero-order valence-electron chi connectivity index (χ0n) is 14.0. The van der Waals surface area contributed by atoms with E-state index in [9.17, 15) is 4.79 Å². The third kappa shape index (κ3) is 4.85. The summed E-state index contributed by atoms with van der Waals surface area (Å²) in [5, 5.41) is 3.48. The monoisotopic (exact) mass is 291 g/mol. The third-order valence-electron chi connectivity index (χ3n) is 4.25. The molecule has 0 amide bonds. The molecule has 0 spiro atoms. The van der Waals surface area contributed by atoms with E-state index in [0.717, 1.165) is 19.3 Å². The summed E-state index contributed by atoms with van der Waals surface area (Å²) in [6.45, 7) is 8.47. The molecule has 3 unspecified atom stereocenters. The Morgan fingerprint density at radius 2 is 1.76 bits per heavy atom. The number of hydrogen-bond acceptors (Lipinski definition) is 3. The van der Waals surface area contributed by atoms with Crippen molar-refractivity contribution in [3.63, 3.8) is 0 Å². The summed E-state index contributed by atoms with van der Waals surface area (Å²) in [4.78, 5) is 12.0. The Kier molecular flexibility index (Phi) is 7.44. The molecule has 3 nitrogen and oxygen atoms in total. The Morgan fingerprint density at radius 3 is 2.19 bits per heavy atom. The highest BCUT2D eigenvalue weighted by Gasteiger charge is 2.27. The molecule has 118 valence electrons. The van der Waals surface area contributed by atoms with Crippen LogP contribution in [0, 0.1) is 5.92 Å². The summed E-state index contributed by atoms with van der Waals surface area (Å²) < 4.78 is 4.95. The molecule has 0 saturated heterocycles. The average Bonchev–Trinajstić information content (AvgIpc) is 2.54. The number of rotatable bonds is 8. The maximum atomic E-state index is 12.0. The predicted octanol–water partition coefficient (Wildman–Crippen LogP) is 3.88. The second kappa shape index (κ2) is 8.83. The molecule has 0 heterocycles. The molecular formula is C18H29NO2. The third-order valence-corrected chi connectivity index (χ3v) is 4.25. The van der Waals surface area contributed by atoms with Crippen LogP contribution in [0.15, 0.2) is 24.3 Å². The van der Waals surface area contributed by atoms with Crippen molar-refractivity contribution in [1.82, 2.24) is 5.32 Å². The standard InChI is InChI=1S/C18H29NO2/c1-6-13(4)17(18(20)21-5)19-16(8-3)15-11-9-14(7-2)10-12-15/h9-13,16-17,19H,6-8H2,1-5H3. The molecular weight excluding hydrogens is 262 g/mol. The van der Waals surface area contributed by atoms with Gasteiger partial charge in [0.1, 0.15) is 6.04 Å². The van der Waals surface area contributed by atoms with Crippen LogP contribution in [-0.4, -0.2) is 19.1 Å². The zero-order chi connectivity index (χ0) is 15.8. The molecule has 0 bridgehead atoms. The van der Waals surface area contributed by atoms with Crippen molar-refractivity contribution in [2.45, 2.75) is 59.0 Å². The highest BCUT2D eigenvalue weighted by Crippen LogP contribution is 2.21. The molecule has 0 aliphatic carbocycles. The van der Waals surface area contributed by atoms with Gasteiger partial charge >= 0.3 is 5.97 Å². The number of hydrogen-bond donors (Lipinski definition) is 1. The molecule has 0 aliphatic rings. The van der Waals surface area contributed by atoms with Crippen molar-refractivity contribution < 1.29 is 9.53 Å². The molecule has 0 radical (unpaired) electrons. The van der Waals surface area contributed by atoms with Crippen LogP contribution >= 0.6 is 0 Å². The van der Waals surface area contributed by atoms with Crippen LogP contribution in [0.25, 0.3) is 0 Å². The van der Waals surface area contributed by atoms with Crippen molar-refractivity contribution in [3.05, 3.63) is 35.4 Å². The van der Waals surface area contributed by atoms with Gasteiger partial charge in [-0.25, -0.2) is 0 Å². The van der Waals surface area contributed by atoms with E-state index < -0.39 is 0 Å². The maximum Gasteiger partial charge on any atom is 0.323 e. The first-order valence-corrected chi connectivity index (χ1v) is 7.99. The summed E-state index contributed by atoms with van der Waals surface area (Å²) >= 11 is 0. The lowest BCUT2D eigenvalue weighted by molar-refractivity contribution is -0.144. The number of carbonyl (C=O) groups is 1. The van der Waals surface area contributed by atoms with E-state index in [-0.39, 0.29) is 24.0 Å². The van der Waals surface area contributed by atoms with E-state index in [1.54, 1.807) is 0 Å². The fourth-order valence-electron chi connectivity index (χ4n) is 2.48. The first-order valence-electron chi connectivity index (χ1n) is 7.99. The van der Waals surface area contributed by atoms with Gasteiger partial charge < -0.3 is 4.74 Å². The topological polar surface area (TPSA) is 38.3 Å². The van der Waals surface area contributed by atoms with Crippen molar-refractivity contribution in [3.8, 4) is 0 Å². The summed E-state index contributed by atoms with van der Waals surface area (Å²) in [5.41, 5.74) is 2.56. The Bertz CT molecular complexity index is 427. The second-order valence-electron chi connectivity index (χ2n) is 5.61. The normalized spacial score (nSPS) is 15.3. The van der Waals surface area contributed by atoms with Gasteiger partial charge in [-0.1, -0.05) is 58.4 Å². The molecule has 1 aromatic carbocycles. The zero-order valence-corrected chi connectivity index (χ0v) is 14.0. The van der Waals surface area contributed by atoms with Crippen molar-refractivity contribution >= 4 is 5.97 Å². The highest BCUT2D eigenvalue weighted by atomic mass is 16.5. The van der Waals surface area contributed by atoms with E-state index in [4.69, 9.17) is 4.74 Å². The minimum atomic E-state index is -0.254. The summed E-state index contributed by atoms with van der Waals surface area (Å²) in [5.74, 6) is 0.0781. The molecule has 21 heavy (non-hydrogen) atoms. The predicted molar refractivity (Wildman–Crippen MR) is 87.2 cm³/mol. The van der Waals surface area contributed by atoms with Gasteiger partial charge in [-0.15, -0.1) is 0 Å². The van der Waals surface area contributed by atoms with Gasteiger partial charge in [0, 0.05) is 6.04 Å². The van der Waals surface area contributed by atoms with Crippen LogP contribution in [0.3, 0.4) is 0 Å². The number of benzene rings is 1. The van der Waals surface area contributed by atoms with E-state index in [2.05, 4.69) is 57.3 Å². The Morgan fingerprint density at radius 1 is 1.14 bits per heavy atom.